The molecular formula is C10H13BrF3N3O2. The van der Waals surface area contributed by atoms with Gasteiger partial charge in [0.1, 0.15) is 10.2 Å². The molecule has 2 rings (SSSR count). The molecule has 0 saturated carbocycles. The number of rotatable bonds is 0. The number of aliphatic hydroxyl groups is 1. The minimum absolute atomic E-state index is 0.452. The van der Waals surface area contributed by atoms with Gasteiger partial charge in [0.15, 0.2) is 6.23 Å². The van der Waals surface area contributed by atoms with Gasteiger partial charge in [0, 0.05) is 20.1 Å². The van der Waals surface area contributed by atoms with Crippen molar-refractivity contribution in [2.75, 3.05) is 20.1 Å². The zero-order chi connectivity index (χ0) is 14.4. The number of hydrogen-bond donors (Lipinski definition) is 1. The number of urea groups is 1. The Bertz CT molecular complexity index is 421. The Kier molecular flexibility index (Phi) is 3.80. The number of hydrazine groups is 1. The zero-order valence-electron chi connectivity index (χ0n) is 10.1. The third-order valence-electron chi connectivity index (χ3n) is 3.20. The van der Waals surface area contributed by atoms with Crippen LogP contribution in [0.3, 0.4) is 0 Å². The second-order valence-corrected chi connectivity index (χ2v) is 5.19. The standard InChI is InChI=1S/C10H13BrF3N3O2/c1-15-8(18)6(10(12,13)14)7(11)17(15)9(19)16-4-2-3-5-16/h8,18H,2-5H2,1H3. The van der Waals surface area contributed by atoms with Crippen LogP contribution < -0.4 is 0 Å². The summed E-state index contributed by atoms with van der Waals surface area (Å²) in [5.74, 6) is 0. The van der Waals surface area contributed by atoms with E-state index in [9.17, 15) is 23.1 Å². The number of alkyl halides is 3. The first-order valence-corrected chi connectivity index (χ1v) is 6.51. The Morgan fingerprint density at radius 3 is 2.32 bits per heavy atom. The summed E-state index contributed by atoms with van der Waals surface area (Å²) < 4.78 is 38.0. The van der Waals surface area contributed by atoms with Gasteiger partial charge in [-0.05, 0) is 28.8 Å². The first-order valence-electron chi connectivity index (χ1n) is 5.72. The van der Waals surface area contributed by atoms with E-state index in [0.717, 1.165) is 22.9 Å². The molecule has 19 heavy (non-hydrogen) atoms. The van der Waals surface area contributed by atoms with Gasteiger partial charge in [-0.2, -0.15) is 18.2 Å². The Balaban J connectivity index is 2.30. The van der Waals surface area contributed by atoms with Crippen LogP contribution in [0, 0.1) is 0 Å². The summed E-state index contributed by atoms with van der Waals surface area (Å²) in [4.78, 5) is 13.6. The molecule has 0 radical (unpaired) electrons. The van der Waals surface area contributed by atoms with E-state index in [4.69, 9.17) is 0 Å². The molecule has 2 aliphatic heterocycles. The molecule has 2 aliphatic rings. The predicted octanol–water partition coefficient (Wildman–Crippen LogP) is 1.85. The van der Waals surface area contributed by atoms with Crippen molar-refractivity contribution in [1.82, 2.24) is 14.9 Å². The largest absolute Gasteiger partial charge is 0.419 e. The molecule has 0 aliphatic carbocycles. The molecule has 5 nitrogen and oxygen atoms in total. The molecule has 1 N–H and O–H groups in total. The highest BCUT2D eigenvalue weighted by Crippen LogP contribution is 2.41. The van der Waals surface area contributed by atoms with Crippen LogP contribution in [0.2, 0.25) is 0 Å². The number of amides is 2. The molecule has 0 aromatic carbocycles. The number of hydrogen-bond acceptors (Lipinski definition) is 3. The summed E-state index contributed by atoms with van der Waals surface area (Å²) in [7, 11) is 1.23. The highest BCUT2D eigenvalue weighted by Gasteiger charge is 2.51. The maximum absolute atomic E-state index is 12.8. The molecular weight excluding hydrogens is 331 g/mol. The van der Waals surface area contributed by atoms with Crippen LogP contribution in [0.1, 0.15) is 12.8 Å². The lowest BCUT2D eigenvalue weighted by atomic mass is 10.2. The molecule has 0 bridgehead atoms. The van der Waals surface area contributed by atoms with Crippen LogP contribution >= 0.6 is 15.9 Å². The fraction of sp³-hybridized carbons (Fsp3) is 0.700. The fourth-order valence-electron chi connectivity index (χ4n) is 2.18. The van der Waals surface area contributed by atoms with E-state index in [0.29, 0.717) is 13.1 Å². The first-order chi connectivity index (χ1) is 8.75. The SMILES string of the molecule is CN1C(O)C(C(F)(F)F)=C(Br)N1C(=O)N1CCCC1. The van der Waals surface area contributed by atoms with Crippen LogP contribution in [0.4, 0.5) is 18.0 Å². The van der Waals surface area contributed by atoms with Crippen molar-refractivity contribution in [2.45, 2.75) is 25.2 Å². The molecule has 1 unspecified atom stereocenters. The average Bonchev–Trinajstić information content (AvgIpc) is 2.86. The first kappa shape index (κ1) is 14.6. The summed E-state index contributed by atoms with van der Waals surface area (Å²) in [5, 5.41) is 11.3. The van der Waals surface area contributed by atoms with Gasteiger partial charge >= 0.3 is 12.2 Å². The number of likely N-dealkylation sites (N-methyl/N-ethyl adjacent to an activating group) is 1. The lowest BCUT2D eigenvalue weighted by Gasteiger charge is -2.30. The summed E-state index contributed by atoms with van der Waals surface area (Å²) in [6.07, 6.45) is -4.92. The smallest absolute Gasteiger partial charge is 0.372 e. The van der Waals surface area contributed by atoms with Crippen LogP contribution in [0.25, 0.3) is 0 Å². The molecule has 0 aromatic heterocycles. The minimum Gasteiger partial charge on any atom is -0.372 e. The quantitative estimate of drug-likeness (QED) is 0.683. The van der Waals surface area contributed by atoms with Crippen molar-refractivity contribution in [3.05, 3.63) is 10.2 Å². The van der Waals surface area contributed by atoms with Gasteiger partial charge in [-0.3, -0.25) is 0 Å². The van der Waals surface area contributed by atoms with E-state index in [2.05, 4.69) is 15.9 Å². The highest BCUT2D eigenvalue weighted by molar-refractivity contribution is 9.11. The molecule has 1 saturated heterocycles. The summed E-state index contributed by atoms with van der Waals surface area (Å²) >= 11 is 2.77. The Morgan fingerprint density at radius 2 is 1.89 bits per heavy atom. The average molecular weight is 344 g/mol. The van der Waals surface area contributed by atoms with E-state index in [1.807, 2.05) is 0 Å². The van der Waals surface area contributed by atoms with E-state index >= 15 is 0 Å². The predicted molar refractivity (Wildman–Crippen MR) is 63.8 cm³/mol. The highest BCUT2D eigenvalue weighted by atomic mass is 79.9. The third kappa shape index (κ3) is 2.46. The van der Waals surface area contributed by atoms with Crippen molar-refractivity contribution in [3.63, 3.8) is 0 Å². The normalized spacial score (nSPS) is 25.7. The summed E-state index contributed by atoms with van der Waals surface area (Å²) in [6.45, 7) is 1.03. The number of halogens is 4. The van der Waals surface area contributed by atoms with Crippen molar-refractivity contribution in [1.29, 1.82) is 0 Å². The van der Waals surface area contributed by atoms with E-state index < -0.39 is 28.6 Å². The lowest BCUT2D eigenvalue weighted by molar-refractivity contribution is -0.121. The van der Waals surface area contributed by atoms with E-state index in [1.165, 1.54) is 11.9 Å². The van der Waals surface area contributed by atoms with Gasteiger partial charge in [0.25, 0.3) is 0 Å². The van der Waals surface area contributed by atoms with E-state index in [1.54, 1.807) is 0 Å². The summed E-state index contributed by atoms with van der Waals surface area (Å²) in [5.41, 5.74) is -1.16. The zero-order valence-corrected chi connectivity index (χ0v) is 11.7. The van der Waals surface area contributed by atoms with Crippen molar-refractivity contribution < 1.29 is 23.1 Å². The maximum atomic E-state index is 12.8. The second kappa shape index (κ2) is 4.95. The third-order valence-corrected chi connectivity index (χ3v) is 3.96. The van der Waals surface area contributed by atoms with Crippen LogP contribution in [0.5, 0.6) is 0 Å². The molecule has 108 valence electrons. The van der Waals surface area contributed by atoms with Crippen LogP contribution in [-0.2, 0) is 0 Å². The Labute approximate surface area is 116 Å². The monoisotopic (exact) mass is 343 g/mol. The Hall–Kier alpha value is -0.800. The number of likely N-dealkylation sites (tertiary alicyclic amines) is 1. The number of aliphatic hydroxyl groups excluding tert-OH is 1. The molecule has 2 heterocycles. The molecule has 1 fully saturated rings. The van der Waals surface area contributed by atoms with Crippen molar-refractivity contribution in [3.8, 4) is 0 Å². The van der Waals surface area contributed by atoms with Crippen LogP contribution in [-0.4, -0.2) is 58.6 Å². The maximum Gasteiger partial charge on any atom is 0.419 e. The number of carbonyl (C=O) groups excluding carboxylic acids is 1. The van der Waals surface area contributed by atoms with Gasteiger partial charge in [-0.25, -0.2) is 9.80 Å². The Morgan fingerprint density at radius 1 is 1.37 bits per heavy atom. The summed E-state index contributed by atoms with van der Waals surface area (Å²) in [6, 6.07) is -0.565. The van der Waals surface area contributed by atoms with Crippen molar-refractivity contribution in [2.24, 2.45) is 0 Å². The van der Waals surface area contributed by atoms with Gasteiger partial charge in [-0.1, -0.05) is 0 Å². The molecule has 2 amide bonds. The van der Waals surface area contributed by atoms with Gasteiger partial charge in [0.05, 0.1) is 0 Å². The fourth-order valence-corrected chi connectivity index (χ4v) is 3.01. The molecule has 0 aromatic rings. The van der Waals surface area contributed by atoms with Crippen molar-refractivity contribution >= 4 is 22.0 Å². The van der Waals surface area contributed by atoms with Gasteiger partial charge in [-0.15, -0.1) is 0 Å². The molecule has 9 heteroatoms. The number of carbonyl (C=O) groups is 1. The molecule has 1 atom stereocenters. The topological polar surface area (TPSA) is 47.0 Å². The van der Waals surface area contributed by atoms with Gasteiger partial charge < -0.3 is 10.0 Å². The van der Waals surface area contributed by atoms with E-state index in [-0.39, 0.29) is 0 Å². The minimum atomic E-state index is -4.70. The van der Waals surface area contributed by atoms with Crippen LogP contribution in [0.15, 0.2) is 10.2 Å². The molecule has 0 spiro atoms. The van der Waals surface area contributed by atoms with Gasteiger partial charge in [0.2, 0.25) is 0 Å². The second-order valence-electron chi connectivity index (χ2n) is 4.44. The lowest BCUT2D eigenvalue weighted by Crippen LogP contribution is -2.48. The number of nitrogens with zero attached hydrogens (tertiary/aromatic N) is 3.